The number of ketones is 1. The first kappa shape index (κ1) is 17.9. The highest BCUT2D eigenvalue weighted by Gasteiger charge is 2.45. The predicted molar refractivity (Wildman–Crippen MR) is 100.0 cm³/mol. The van der Waals surface area contributed by atoms with Gasteiger partial charge >= 0.3 is 0 Å². The summed E-state index contributed by atoms with van der Waals surface area (Å²) >= 11 is 18.0. The van der Waals surface area contributed by atoms with Crippen LogP contribution < -0.4 is 0 Å². The summed E-state index contributed by atoms with van der Waals surface area (Å²) in [5, 5.41) is 5.68. The monoisotopic (exact) mass is 411 g/mol. The molecule has 2 bridgehead atoms. The van der Waals surface area contributed by atoms with Gasteiger partial charge in [0.2, 0.25) is 6.29 Å². The van der Waals surface area contributed by atoms with Crippen molar-refractivity contribution >= 4 is 41.2 Å². The number of carbonyl (C=O) groups is 1. The molecule has 3 heterocycles. The number of benzene rings is 1. The van der Waals surface area contributed by atoms with Crippen LogP contribution in [0, 0.1) is 4.77 Å². The van der Waals surface area contributed by atoms with E-state index in [1.165, 1.54) is 0 Å². The van der Waals surface area contributed by atoms with E-state index in [2.05, 4.69) is 11.7 Å². The number of halogens is 2. The molecule has 0 spiro atoms. The van der Waals surface area contributed by atoms with E-state index in [4.69, 9.17) is 44.9 Å². The van der Waals surface area contributed by atoms with Gasteiger partial charge < -0.3 is 9.47 Å². The Balaban J connectivity index is 1.83. The number of hydrogen-bond acceptors (Lipinski definition) is 5. The second kappa shape index (κ2) is 6.90. The molecule has 0 N–H and O–H groups in total. The molecule has 2 aliphatic rings. The first-order valence-electron chi connectivity index (χ1n) is 8.05. The molecule has 26 heavy (non-hydrogen) atoms. The van der Waals surface area contributed by atoms with E-state index in [0.29, 0.717) is 39.4 Å². The largest absolute Gasteiger partial charge is 0.343 e. The molecule has 6 nitrogen and oxygen atoms in total. The van der Waals surface area contributed by atoms with Crippen molar-refractivity contribution < 1.29 is 14.3 Å². The van der Waals surface area contributed by atoms with Crippen LogP contribution >= 0.6 is 35.4 Å². The number of hydrogen-bond donors (Lipinski definition) is 0. The Kier molecular flexibility index (Phi) is 4.75. The zero-order chi connectivity index (χ0) is 18.4. The van der Waals surface area contributed by atoms with E-state index in [0.717, 1.165) is 0 Å². The van der Waals surface area contributed by atoms with E-state index in [1.807, 2.05) is 4.57 Å². The van der Waals surface area contributed by atoms with Crippen molar-refractivity contribution in [3.05, 3.63) is 45.7 Å². The lowest BCUT2D eigenvalue weighted by molar-refractivity contribution is -0.156. The van der Waals surface area contributed by atoms with Gasteiger partial charge in [0.25, 0.3) is 0 Å². The highest BCUT2D eigenvalue weighted by atomic mass is 35.5. The molecule has 2 saturated heterocycles. The molecular weight excluding hydrogens is 397 g/mol. The molecule has 1 aromatic heterocycles. The summed E-state index contributed by atoms with van der Waals surface area (Å²) in [5.74, 6) is 0.486. The van der Waals surface area contributed by atoms with Gasteiger partial charge in [0, 0.05) is 23.6 Å². The number of Topliss-reactive ketones (excluding diaryl/α,β-unsaturated/α-hetero) is 1. The predicted octanol–water partition coefficient (Wildman–Crippen LogP) is 3.83. The lowest BCUT2D eigenvalue weighted by Gasteiger charge is -2.26. The molecule has 0 aliphatic carbocycles. The van der Waals surface area contributed by atoms with Crippen LogP contribution in [0.15, 0.2) is 30.9 Å². The van der Waals surface area contributed by atoms with Gasteiger partial charge in [-0.05, 0) is 30.4 Å². The molecule has 136 valence electrons. The van der Waals surface area contributed by atoms with Gasteiger partial charge in [-0.2, -0.15) is 5.10 Å². The van der Waals surface area contributed by atoms with Gasteiger partial charge in [0.15, 0.2) is 16.4 Å². The third-order valence-corrected chi connectivity index (χ3v) is 5.45. The molecule has 4 rings (SSSR count). The van der Waals surface area contributed by atoms with Crippen LogP contribution in [0.3, 0.4) is 0 Å². The van der Waals surface area contributed by atoms with Crippen LogP contribution in [0.1, 0.15) is 12.5 Å². The fraction of sp³-hybridized carbons (Fsp3) is 0.353. The van der Waals surface area contributed by atoms with Crippen molar-refractivity contribution in [2.75, 3.05) is 6.61 Å². The molecule has 0 saturated carbocycles. The van der Waals surface area contributed by atoms with Gasteiger partial charge in [-0.25, -0.2) is 4.68 Å². The Labute approximate surface area is 164 Å². The van der Waals surface area contributed by atoms with Crippen LogP contribution in [-0.4, -0.2) is 39.1 Å². The SMILES string of the molecule is C=CCn1c(-c2ccc(Cl)cc2Cl)nn([C@H]2CC(=O)[C@@H]3OC[C@H]2O3)c1=S. The van der Waals surface area contributed by atoms with Crippen LogP contribution in [0.25, 0.3) is 11.4 Å². The first-order chi connectivity index (χ1) is 12.5. The van der Waals surface area contributed by atoms with Crippen LogP contribution in [0.4, 0.5) is 0 Å². The molecule has 0 radical (unpaired) electrons. The normalized spacial score (nSPS) is 24.8. The van der Waals surface area contributed by atoms with Crippen molar-refractivity contribution in [2.45, 2.75) is 31.4 Å². The van der Waals surface area contributed by atoms with Crippen LogP contribution in [-0.2, 0) is 20.8 Å². The van der Waals surface area contributed by atoms with Crippen LogP contribution in [0.2, 0.25) is 10.0 Å². The van der Waals surface area contributed by atoms with Crippen molar-refractivity contribution in [2.24, 2.45) is 0 Å². The maximum atomic E-state index is 12.1. The number of fused-ring (bicyclic) bond motifs is 2. The third kappa shape index (κ3) is 2.93. The Bertz CT molecular complexity index is 955. The smallest absolute Gasteiger partial charge is 0.218 e. The molecule has 2 fully saturated rings. The lowest BCUT2D eigenvalue weighted by Crippen LogP contribution is -2.37. The number of allylic oxidation sites excluding steroid dienone is 1. The Morgan fingerprint density at radius 1 is 1.42 bits per heavy atom. The fourth-order valence-electron chi connectivity index (χ4n) is 3.26. The minimum Gasteiger partial charge on any atom is -0.343 e. The molecule has 9 heteroatoms. The Morgan fingerprint density at radius 2 is 2.23 bits per heavy atom. The van der Waals surface area contributed by atoms with Gasteiger partial charge in [-0.15, -0.1) is 6.58 Å². The molecule has 0 unspecified atom stereocenters. The van der Waals surface area contributed by atoms with Crippen molar-refractivity contribution in [3.63, 3.8) is 0 Å². The average Bonchev–Trinajstić information content (AvgIpc) is 3.16. The number of ether oxygens (including phenoxy) is 2. The standard InChI is InChI=1S/C17H15Cl2N3O3S/c1-2-5-21-15(10-4-3-9(18)6-11(10)19)20-22(17(21)26)12-7-13(23)16-24-8-14(12)25-16/h2-4,6,12,14,16H,1,5,7-8H2/t12-,14+,16+/m0/s1. The maximum Gasteiger partial charge on any atom is 0.218 e. The zero-order valence-corrected chi connectivity index (χ0v) is 15.9. The summed E-state index contributed by atoms with van der Waals surface area (Å²) in [6.45, 7) is 4.58. The molecular formula is C17H15Cl2N3O3S. The van der Waals surface area contributed by atoms with Gasteiger partial charge in [0.05, 0.1) is 17.7 Å². The quantitative estimate of drug-likeness (QED) is 0.565. The first-order valence-corrected chi connectivity index (χ1v) is 9.21. The maximum absolute atomic E-state index is 12.1. The number of carbonyl (C=O) groups excluding carboxylic acids is 1. The van der Waals surface area contributed by atoms with E-state index in [1.54, 1.807) is 29.0 Å². The van der Waals surface area contributed by atoms with Crippen molar-refractivity contribution in [1.82, 2.24) is 14.3 Å². The summed E-state index contributed by atoms with van der Waals surface area (Å²) in [5.41, 5.74) is 0.700. The Morgan fingerprint density at radius 3 is 2.96 bits per heavy atom. The number of rotatable bonds is 4. The molecule has 0 amide bonds. The molecule has 2 aliphatic heterocycles. The van der Waals surface area contributed by atoms with E-state index in [9.17, 15) is 4.79 Å². The topological polar surface area (TPSA) is 58.3 Å². The van der Waals surface area contributed by atoms with Crippen molar-refractivity contribution in [1.29, 1.82) is 0 Å². The van der Waals surface area contributed by atoms with Crippen molar-refractivity contribution in [3.8, 4) is 11.4 Å². The highest BCUT2D eigenvalue weighted by Crippen LogP contribution is 2.35. The summed E-state index contributed by atoms with van der Waals surface area (Å²) in [6.07, 6.45) is 0.977. The third-order valence-electron chi connectivity index (χ3n) is 4.50. The lowest BCUT2D eigenvalue weighted by atomic mass is 10.0. The molecule has 2 aromatic rings. The summed E-state index contributed by atoms with van der Waals surface area (Å²) in [4.78, 5) is 12.1. The van der Waals surface area contributed by atoms with E-state index < -0.39 is 6.29 Å². The van der Waals surface area contributed by atoms with Gasteiger partial charge in [0.1, 0.15) is 6.10 Å². The average molecular weight is 412 g/mol. The van der Waals surface area contributed by atoms with Gasteiger partial charge in [-0.1, -0.05) is 29.3 Å². The zero-order valence-electron chi connectivity index (χ0n) is 13.6. The fourth-order valence-corrected chi connectivity index (χ4v) is 4.09. The Hall–Kier alpha value is -1.51. The second-order valence-corrected chi connectivity index (χ2v) is 7.36. The molecule has 1 aromatic carbocycles. The minimum atomic E-state index is -0.758. The molecule has 3 atom stereocenters. The summed E-state index contributed by atoms with van der Waals surface area (Å²) in [7, 11) is 0. The minimum absolute atomic E-state index is 0.102. The van der Waals surface area contributed by atoms with E-state index in [-0.39, 0.29) is 24.3 Å². The summed E-state index contributed by atoms with van der Waals surface area (Å²) in [6, 6.07) is 4.88. The summed E-state index contributed by atoms with van der Waals surface area (Å²) < 4.78 is 15.0. The van der Waals surface area contributed by atoms with Gasteiger partial charge in [-0.3, -0.25) is 9.36 Å². The highest BCUT2D eigenvalue weighted by molar-refractivity contribution is 7.71. The van der Waals surface area contributed by atoms with E-state index >= 15 is 0 Å². The second-order valence-electron chi connectivity index (χ2n) is 6.15. The number of aromatic nitrogens is 3. The number of nitrogens with zero attached hydrogens (tertiary/aromatic N) is 3. The van der Waals surface area contributed by atoms with Crippen LogP contribution in [0.5, 0.6) is 0 Å².